The van der Waals surface area contributed by atoms with Gasteiger partial charge in [-0.25, -0.2) is 0 Å². The van der Waals surface area contributed by atoms with Gasteiger partial charge in [0.15, 0.2) is 0 Å². The first-order valence-corrected chi connectivity index (χ1v) is 6.79. The lowest BCUT2D eigenvalue weighted by Crippen LogP contribution is -2.48. The van der Waals surface area contributed by atoms with Crippen molar-refractivity contribution in [2.24, 2.45) is 0 Å². The van der Waals surface area contributed by atoms with Crippen LogP contribution in [0.1, 0.15) is 31.6 Å². The molecule has 2 nitrogen and oxygen atoms in total. The molecule has 1 N–H and O–H groups in total. The lowest BCUT2D eigenvalue weighted by molar-refractivity contribution is -0.0289. The normalized spacial score (nSPS) is 17.0. The molecule has 0 aliphatic rings. The van der Waals surface area contributed by atoms with Crippen LogP contribution in [-0.2, 0) is 11.2 Å². The molecule has 0 spiro atoms. The van der Waals surface area contributed by atoms with E-state index >= 15 is 0 Å². The summed E-state index contributed by atoms with van der Waals surface area (Å²) in [5.74, 6) is 0. The van der Waals surface area contributed by atoms with E-state index in [4.69, 9.17) is 4.74 Å². The Morgan fingerprint density at radius 2 is 2.31 bits per heavy atom. The Balaban J connectivity index is 2.54. The SMILES string of the molecule is CCC(C)(OC)C(CCc1cccs1)NC. The maximum Gasteiger partial charge on any atom is 0.0800 e. The zero-order chi connectivity index (χ0) is 12.0. The number of thiophene rings is 1. The van der Waals surface area contributed by atoms with Crippen LogP contribution in [0.4, 0.5) is 0 Å². The molecule has 1 rings (SSSR count). The minimum absolute atomic E-state index is 0.0635. The van der Waals surface area contributed by atoms with Gasteiger partial charge in [0, 0.05) is 18.0 Å². The summed E-state index contributed by atoms with van der Waals surface area (Å²) in [7, 11) is 3.82. The molecular formula is C13H23NOS. The molecule has 0 amide bonds. The summed E-state index contributed by atoms with van der Waals surface area (Å²) in [5.41, 5.74) is -0.0635. The third-order valence-electron chi connectivity index (χ3n) is 3.51. The van der Waals surface area contributed by atoms with Crippen LogP contribution in [0.2, 0.25) is 0 Å². The Bertz CT molecular complexity index is 280. The predicted molar refractivity (Wildman–Crippen MR) is 71.2 cm³/mol. The van der Waals surface area contributed by atoms with Crippen molar-refractivity contribution in [1.82, 2.24) is 5.32 Å². The van der Waals surface area contributed by atoms with Crippen molar-refractivity contribution in [3.8, 4) is 0 Å². The fraction of sp³-hybridized carbons (Fsp3) is 0.692. The first-order valence-electron chi connectivity index (χ1n) is 5.91. The monoisotopic (exact) mass is 241 g/mol. The van der Waals surface area contributed by atoms with Crippen LogP contribution >= 0.6 is 11.3 Å². The molecule has 0 aromatic carbocycles. The van der Waals surface area contributed by atoms with Gasteiger partial charge in [-0.15, -0.1) is 11.3 Å². The molecule has 0 saturated carbocycles. The van der Waals surface area contributed by atoms with Crippen LogP contribution in [-0.4, -0.2) is 25.8 Å². The van der Waals surface area contributed by atoms with Crippen molar-refractivity contribution in [2.45, 2.75) is 44.8 Å². The molecule has 0 radical (unpaired) electrons. The number of ether oxygens (including phenoxy) is 1. The smallest absolute Gasteiger partial charge is 0.0800 e. The van der Waals surface area contributed by atoms with E-state index in [9.17, 15) is 0 Å². The van der Waals surface area contributed by atoms with Crippen LogP contribution in [0.3, 0.4) is 0 Å². The Hall–Kier alpha value is -0.380. The van der Waals surface area contributed by atoms with E-state index < -0.39 is 0 Å². The van der Waals surface area contributed by atoms with E-state index in [-0.39, 0.29) is 5.60 Å². The van der Waals surface area contributed by atoms with Gasteiger partial charge in [0.05, 0.1) is 5.60 Å². The highest BCUT2D eigenvalue weighted by molar-refractivity contribution is 7.09. The minimum Gasteiger partial charge on any atom is -0.377 e. The number of aryl methyl sites for hydroxylation is 1. The first kappa shape index (κ1) is 13.7. The van der Waals surface area contributed by atoms with E-state index in [1.165, 1.54) is 4.88 Å². The van der Waals surface area contributed by atoms with Gasteiger partial charge in [-0.1, -0.05) is 13.0 Å². The fourth-order valence-corrected chi connectivity index (χ4v) is 2.75. The second-order valence-corrected chi connectivity index (χ2v) is 5.36. The van der Waals surface area contributed by atoms with Crippen LogP contribution in [0.5, 0.6) is 0 Å². The van der Waals surface area contributed by atoms with E-state index in [0.717, 1.165) is 19.3 Å². The van der Waals surface area contributed by atoms with Gasteiger partial charge in [0.25, 0.3) is 0 Å². The summed E-state index contributed by atoms with van der Waals surface area (Å²) in [4.78, 5) is 1.45. The lowest BCUT2D eigenvalue weighted by atomic mass is 9.89. The highest BCUT2D eigenvalue weighted by Gasteiger charge is 2.30. The molecule has 1 aromatic heterocycles. The van der Waals surface area contributed by atoms with Crippen LogP contribution < -0.4 is 5.32 Å². The summed E-state index contributed by atoms with van der Waals surface area (Å²) in [6.45, 7) is 4.36. The predicted octanol–water partition coefficient (Wildman–Crippen LogP) is 3.08. The van der Waals surface area contributed by atoms with Gasteiger partial charge in [0.2, 0.25) is 0 Å². The largest absolute Gasteiger partial charge is 0.377 e. The second kappa shape index (κ2) is 6.38. The standard InChI is InChI=1S/C13H23NOS/c1-5-13(2,15-4)12(14-3)9-8-11-7-6-10-16-11/h6-7,10,12,14H,5,8-9H2,1-4H3. The summed E-state index contributed by atoms with van der Waals surface area (Å²) < 4.78 is 5.65. The van der Waals surface area contributed by atoms with Crippen molar-refractivity contribution in [1.29, 1.82) is 0 Å². The van der Waals surface area contributed by atoms with Crippen LogP contribution in [0, 0.1) is 0 Å². The molecule has 0 bridgehead atoms. The molecule has 2 atom stereocenters. The van der Waals surface area contributed by atoms with Crippen LogP contribution in [0.15, 0.2) is 17.5 Å². The molecule has 1 heterocycles. The highest BCUT2D eigenvalue weighted by Crippen LogP contribution is 2.23. The average molecular weight is 241 g/mol. The molecule has 0 fully saturated rings. The van der Waals surface area contributed by atoms with E-state index in [1.807, 2.05) is 18.4 Å². The lowest BCUT2D eigenvalue weighted by Gasteiger charge is -2.35. The van der Waals surface area contributed by atoms with Crippen molar-refractivity contribution < 1.29 is 4.74 Å². The Morgan fingerprint density at radius 1 is 1.56 bits per heavy atom. The van der Waals surface area contributed by atoms with Crippen LogP contribution in [0.25, 0.3) is 0 Å². The summed E-state index contributed by atoms with van der Waals surface area (Å²) in [5, 5.41) is 5.52. The molecule has 0 aliphatic carbocycles. The summed E-state index contributed by atoms with van der Waals surface area (Å²) >= 11 is 1.83. The molecule has 0 aliphatic heterocycles. The molecule has 1 aromatic rings. The minimum atomic E-state index is -0.0635. The Morgan fingerprint density at radius 3 is 2.75 bits per heavy atom. The van der Waals surface area contributed by atoms with Crippen molar-refractivity contribution >= 4 is 11.3 Å². The van der Waals surface area contributed by atoms with Gasteiger partial charge in [-0.05, 0) is 44.7 Å². The van der Waals surface area contributed by atoms with Gasteiger partial charge in [-0.2, -0.15) is 0 Å². The van der Waals surface area contributed by atoms with Gasteiger partial charge < -0.3 is 10.1 Å². The number of nitrogens with one attached hydrogen (secondary N) is 1. The molecule has 92 valence electrons. The van der Waals surface area contributed by atoms with Crippen molar-refractivity contribution in [2.75, 3.05) is 14.2 Å². The fourth-order valence-electron chi connectivity index (χ4n) is 2.03. The zero-order valence-electron chi connectivity index (χ0n) is 10.7. The summed E-state index contributed by atoms with van der Waals surface area (Å²) in [6.07, 6.45) is 3.27. The third-order valence-corrected chi connectivity index (χ3v) is 4.45. The maximum absolute atomic E-state index is 5.65. The molecule has 2 unspecified atom stereocenters. The average Bonchev–Trinajstić information content (AvgIpc) is 2.82. The number of rotatable bonds is 7. The molecule has 3 heteroatoms. The maximum atomic E-state index is 5.65. The summed E-state index contributed by atoms with van der Waals surface area (Å²) in [6, 6.07) is 4.72. The Kier molecular flexibility index (Phi) is 5.46. The van der Waals surface area contributed by atoms with Gasteiger partial charge in [-0.3, -0.25) is 0 Å². The Labute approximate surface area is 103 Å². The topological polar surface area (TPSA) is 21.3 Å². The van der Waals surface area contributed by atoms with E-state index in [0.29, 0.717) is 6.04 Å². The van der Waals surface area contributed by atoms with E-state index in [2.05, 4.69) is 36.7 Å². The number of methoxy groups -OCH3 is 1. The van der Waals surface area contributed by atoms with Gasteiger partial charge in [0.1, 0.15) is 0 Å². The first-order chi connectivity index (χ1) is 7.66. The second-order valence-electron chi connectivity index (χ2n) is 4.33. The van der Waals surface area contributed by atoms with Gasteiger partial charge >= 0.3 is 0 Å². The number of likely N-dealkylation sites (N-methyl/N-ethyl adjacent to an activating group) is 1. The molecule has 0 saturated heterocycles. The number of hydrogen-bond acceptors (Lipinski definition) is 3. The van der Waals surface area contributed by atoms with Crippen molar-refractivity contribution in [3.63, 3.8) is 0 Å². The van der Waals surface area contributed by atoms with E-state index in [1.54, 1.807) is 7.11 Å². The zero-order valence-corrected chi connectivity index (χ0v) is 11.6. The number of hydrogen-bond donors (Lipinski definition) is 1. The quantitative estimate of drug-likeness (QED) is 0.792. The molecular weight excluding hydrogens is 218 g/mol. The molecule has 16 heavy (non-hydrogen) atoms. The van der Waals surface area contributed by atoms with Crippen molar-refractivity contribution in [3.05, 3.63) is 22.4 Å². The highest BCUT2D eigenvalue weighted by atomic mass is 32.1. The third kappa shape index (κ3) is 3.30.